The smallest absolute Gasteiger partial charge is 0.236 e. The number of aliphatic hydroxyl groups is 1. The fraction of sp³-hybridized carbons (Fsp3) is 0.467. The number of sulfonamides is 1. The quantitative estimate of drug-likeness (QED) is 0.889. The lowest BCUT2D eigenvalue weighted by molar-refractivity contribution is -0.0270. The summed E-state index contributed by atoms with van der Waals surface area (Å²) in [5.74, 6) is 0. The first kappa shape index (κ1) is 13.8. The van der Waals surface area contributed by atoms with Gasteiger partial charge in [0.25, 0.3) is 0 Å². The Morgan fingerprint density at radius 1 is 1.20 bits per heavy atom. The molecular formula is C15H19NO3S. The minimum absolute atomic E-state index is 0.119. The lowest BCUT2D eigenvalue weighted by Gasteiger charge is -2.36. The van der Waals surface area contributed by atoms with Crippen LogP contribution in [0.4, 0.5) is 0 Å². The normalized spacial score (nSPS) is 20.8. The van der Waals surface area contributed by atoms with Gasteiger partial charge >= 0.3 is 0 Å². The predicted octanol–water partition coefficient (Wildman–Crippen LogP) is 1.81. The second-order valence-corrected chi connectivity index (χ2v) is 7.53. The summed E-state index contributed by atoms with van der Waals surface area (Å²) < 4.78 is 27.1. The summed E-state index contributed by atoms with van der Waals surface area (Å²) in [5, 5.41) is 9.98. The molecule has 20 heavy (non-hydrogen) atoms. The molecule has 1 aromatic rings. The first-order chi connectivity index (χ1) is 9.49. The van der Waals surface area contributed by atoms with E-state index in [0.717, 1.165) is 18.4 Å². The van der Waals surface area contributed by atoms with Crippen LogP contribution in [0.25, 0.3) is 6.08 Å². The van der Waals surface area contributed by atoms with Crippen LogP contribution in [0.2, 0.25) is 0 Å². The van der Waals surface area contributed by atoms with Gasteiger partial charge in [0.15, 0.2) is 0 Å². The predicted molar refractivity (Wildman–Crippen MR) is 78.5 cm³/mol. The van der Waals surface area contributed by atoms with Gasteiger partial charge < -0.3 is 5.11 Å². The Hall–Kier alpha value is -1.17. The summed E-state index contributed by atoms with van der Waals surface area (Å²) in [4.78, 5) is 0.416. The molecule has 5 heteroatoms. The summed E-state index contributed by atoms with van der Waals surface area (Å²) in [7, 11) is -3.48. The highest BCUT2D eigenvalue weighted by Crippen LogP contribution is 2.32. The highest BCUT2D eigenvalue weighted by Gasteiger charge is 2.36. The fourth-order valence-electron chi connectivity index (χ4n) is 2.70. The SMILES string of the molecule is O=S(=O)(NCC1(O)CCC1)C1=Cc2ccccc2CC1. The molecular weight excluding hydrogens is 274 g/mol. The van der Waals surface area contributed by atoms with Gasteiger partial charge in [-0.1, -0.05) is 24.3 Å². The highest BCUT2D eigenvalue weighted by molar-refractivity contribution is 7.93. The summed E-state index contributed by atoms with van der Waals surface area (Å²) in [5.41, 5.74) is 1.32. The van der Waals surface area contributed by atoms with Crippen LogP contribution in [-0.4, -0.2) is 25.7 Å². The Morgan fingerprint density at radius 3 is 2.65 bits per heavy atom. The van der Waals surface area contributed by atoms with E-state index in [9.17, 15) is 13.5 Å². The van der Waals surface area contributed by atoms with E-state index in [4.69, 9.17) is 0 Å². The number of hydrogen-bond donors (Lipinski definition) is 2. The summed E-state index contributed by atoms with van der Waals surface area (Å²) >= 11 is 0. The van der Waals surface area contributed by atoms with E-state index >= 15 is 0 Å². The molecule has 0 unspecified atom stereocenters. The third kappa shape index (κ3) is 2.66. The van der Waals surface area contributed by atoms with Crippen LogP contribution in [0.1, 0.15) is 36.8 Å². The molecule has 1 fully saturated rings. The van der Waals surface area contributed by atoms with E-state index in [-0.39, 0.29) is 6.54 Å². The van der Waals surface area contributed by atoms with Gasteiger partial charge in [-0.25, -0.2) is 13.1 Å². The third-order valence-corrected chi connectivity index (χ3v) is 5.77. The molecule has 0 aliphatic heterocycles. The van der Waals surface area contributed by atoms with Crippen LogP contribution in [-0.2, 0) is 16.4 Å². The standard InChI is InChI=1S/C15H19NO3S/c17-15(8-3-9-15)11-16-20(18,19)14-7-6-12-4-1-2-5-13(12)10-14/h1-2,4-5,10,16-17H,3,6-9,11H2. The van der Waals surface area contributed by atoms with Crippen molar-refractivity contribution in [2.75, 3.05) is 6.54 Å². The van der Waals surface area contributed by atoms with Gasteiger partial charge in [-0.05, 0) is 49.3 Å². The number of aryl methyl sites for hydroxylation is 1. The van der Waals surface area contributed by atoms with Crippen molar-refractivity contribution < 1.29 is 13.5 Å². The molecule has 0 aromatic heterocycles. The van der Waals surface area contributed by atoms with Crippen LogP contribution < -0.4 is 4.72 Å². The number of nitrogens with one attached hydrogen (secondary N) is 1. The molecule has 0 amide bonds. The van der Waals surface area contributed by atoms with E-state index in [2.05, 4.69) is 4.72 Å². The second kappa shape index (κ2) is 4.98. The van der Waals surface area contributed by atoms with Crippen molar-refractivity contribution in [1.82, 2.24) is 4.72 Å². The molecule has 108 valence electrons. The molecule has 2 aliphatic carbocycles. The van der Waals surface area contributed by atoms with Crippen molar-refractivity contribution in [3.63, 3.8) is 0 Å². The first-order valence-corrected chi connectivity index (χ1v) is 8.47. The van der Waals surface area contributed by atoms with Gasteiger partial charge in [-0.3, -0.25) is 0 Å². The zero-order valence-corrected chi connectivity index (χ0v) is 12.1. The summed E-state index contributed by atoms with van der Waals surface area (Å²) in [6.45, 7) is 0.119. The molecule has 0 saturated heterocycles. The maximum atomic E-state index is 12.3. The van der Waals surface area contributed by atoms with Crippen molar-refractivity contribution in [1.29, 1.82) is 0 Å². The number of rotatable bonds is 4. The van der Waals surface area contributed by atoms with Gasteiger partial charge in [-0.15, -0.1) is 0 Å². The first-order valence-electron chi connectivity index (χ1n) is 6.99. The van der Waals surface area contributed by atoms with Gasteiger partial charge in [-0.2, -0.15) is 0 Å². The second-order valence-electron chi connectivity index (χ2n) is 5.71. The Balaban J connectivity index is 1.77. The van der Waals surface area contributed by atoms with Gasteiger partial charge in [0, 0.05) is 6.54 Å². The van der Waals surface area contributed by atoms with E-state index in [1.807, 2.05) is 24.3 Å². The molecule has 0 heterocycles. The van der Waals surface area contributed by atoms with Crippen LogP contribution in [0, 0.1) is 0 Å². The van der Waals surface area contributed by atoms with Gasteiger partial charge in [0.2, 0.25) is 10.0 Å². The molecule has 0 spiro atoms. The molecule has 2 aliphatic rings. The molecule has 1 aromatic carbocycles. The maximum absolute atomic E-state index is 12.3. The summed E-state index contributed by atoms with van der Waals surface area (Å²) in [6, 6.07) is 7.84. The summed E-state index contributed by atoms with van der Waals surface area (Å²) in [6.07, 6.45) is 5.33. The van der Waals surface area contributed by atoms with Crippen molar-refractivity contribution in [2.45, 2.75) is 37.7 Å². The Morgan fingerprint density at radius 2 is 1.95 bits per heavy atom. The van der Waals surface area contributed by atoms with E-state index in [1.165, 1.54) is 5.56 Å². The average molecular weight is 293 g/mol. The van der Waals surface area contributed by atoms with Crippen LogP contribution in [0.5, 0.6) is 0 Å². The lowest BCUT2D eigenvalue weighted by Crippen LogP contribution is -2.47. The largest absolute Gasteiger partial charge is 0.389 e. The van der Waals surface area contributed by atoms with Gasteiger partial charge in [0.05, 0.1) is 10.5 Å². The van der Waals surface area contributed by atoms with Gasteiger partial charge in [0.1, 0.15) is 0 Å². The topological polar surface area (TPSA) is 66.4 Å². The Bertz CT molecular complexity index is 645. The van der Waals surface area contributed by atoms with Crippen molar-refractivity contribution >= 4 is 16.1 Å². The minimum Gasteiger partial charge on any atom is -0.389 e. The highest BCUT2D eigenvalue weighted by atomic mass is 32.2. The fourth-order valence-corrected chi connectivity index (χ4v) is 4.00. The number of allylic oxidation sites excluding steroid dienone is 1. The third-order valence-electron chi connectivity index (χ3n) is 4.23. The molecule has 3 rings (SSSR count). The number of hydrogen-bond acceptors (Lipinski definition) is 3. The molecule has 1 saturated carbocycles. The molecule has 4 nitrogen and oxygen atoms in total. The Labute approximate surface area is 119 Å². The van der Waals surface area contributed by atoms with E-state index in [1.54, 1.807) is 6.08 Å². The number of fused-ring (bicyclic) bond motifs is 1. The zero-order chi connectivity index (χ0) is 14.2. The van der Waals surface area contributed by atoms with Crippen LogP contribution >= 0.6 is 0 Å². The average Bonchev–Trinajstić information content (AvgIpc) is 2.42. The van der Waals surface area contributed by atoms with Crippen LogP contribution in [0.3, 0.4) is 0 Å². The minimum atomic E-state index is -3.48. The number of benzene rings is 1. The van der Waals surface area contributed by atoms with Crippen LogP contribution in [0.15, 0.2) is 29.2 Å². The Kier molecular flexibility index (Phi) is 3.44. The van der Waals surface area contributed by atoms with E-state index in [0.29, 0.717) is 24.2 Å². The van der Waals surface area contributed by atoms with E-state index < -0.39 is 15.6 Å². The van der Waals surface area contributed by atoms with Crippen molar-refractivity contribution in [3.05, 3.63) is 40.3 Å². The monoisotopic (exact) mass is 293 g/mol. The maximum Gasteiger partial charge on any atom is 0.236 e. The zero-order valence-electron chi connectivity index (χ0n) is 11.3. The molecule has 0 bridgehead atoms. The van der Waals surface area contributed by atoms with Crippen molar-refractivity contribution in [2.24, 2.45) is 0 Å². The molecule has 0 atom stereocenters. The lowest BCUT2D eigenvalue weighted by atomic mass is 9.81. The molecule has 0 radical (unpaired) electrons. The molecule has 2 N–H and O–H groups in total. The van der Waals surface area contributed by atoms with Crippen molar-refractivity contribution in [3.8, 4) is 0 Å².